The van der Waals surface area contributed by atoms with E-state index in [4.69, 9.17) is 20.1 Å². The number of ether oxygens (including phenoxy) is 2. The zero-order valence-electron chi connectivity index (χ0n) is 15.1. The van der Waals surface area contributed by atoms with E-state index in [0.29, 0.717) is 17.6 Å². The third-order valence-electron chi connectivity index (χ3n) is 2.51. The molecular weight excluding hydrogens is 394 g/mol. The fourth-order valence-corrected chi connectivity index (χ4v) is 7.61. The minimum atomic E-state index is -2.33. The van der Waals surface area contributed by atoms with Gasteiger partial charge in [0.2, 0.25) is 0 Å². The van der Waals surface area contributed by atoms with Gasteiger partial charge in [-0.15, -0.1) is 0 Å². The summed E-state index contributed by atoms with van der Waals surface area (Å²) >= 11 is 1.98. The zero-order chi connectivity index (χ0) is 19.0. The van der Waals surface area contributed by atoms with Crippen LogP contribution >= 0.6 is 42.7 Å². The molecule has 23 heavy (non-hydrogen) atoms. The summed E-state index contributed by atoms with van der Waals surface area (Å²) in [6.45, 7) is 5.66. The predicted molar refractivity (Wildman–Crippen MR) is 106 cm³/mol. The molecule has 0 amide bonds. The molecule has 0 spiro atoms. The molecule has 0 rings (SSSR count). The number of aliphatic hydroxyl groups excluding tert-OH is 1. The van der Waals surface area contributed by atoms with Gasteiger partial charge in [-0.25, -0.2) is 4.79 Å². The Labute approximate surface area is 156 Å². The maximum atomic E-state index is 10.9. The van der Waals surface area contributed by atoms with Crippen LogP contribution in [0.2, 0.25) is 12.6 Å². The van der Waals surface area contributed by atoms with E-state index in [2.05, 4.69) is 6.58 Å². The molecule has 0 aliphatic rings. The van der Waals surface area contributed by atoms with Crippen LogP contribution in [0.1, 0.15) is 6.42 Å². The molecule has 3 unspecified atom stereocenters. The molecule has 0 bridgehead atoms. The van der Waals surface area contributed by atoms with Crippen molar-refractivity contribution >= 4 is 57.2 Å². The molecule has 11 heteroatoms. The first kappa shape index (κ1) is 20.1. The molecule has 0 fully saturated rings. The topological polar surface area (TPSA) is 74.2 Å². The summed E-state index contributed by atoms with van der Waals surface area (Å²) in [5.41, 5.74) is 1.24. The van der Waals surface area contributed by atoms with Crippen molar-refractivity contribution in [2.24, 2.45) is 0 Å². The number of hydrogen-bond acceptors (Lipinski definition) is 8. The van der Waals surface area contributed by atoms with Crippen molar-refractivity contribution in [2.45, 2.75) is 25.1 Å². The highest BCUT2D eigenvalue weighted by Crippen LogP contribution is 2.32. The lowest BCUT2D eigenvalue weighted by molar-refractivity contribution is -0.141. The minimum Gasteiger partial charge on any atom is -0.460 e. The summed E-state index contributed by atoms with van der Waals surface area (Å²) in [6, 6.07) is 0.736. The largest absolute Gasteiger partial charge is 0.460 e. The number of thiol groups is 2. The number of rotatable bonds is 17. The van der Waals surface area contributed by atoms with Crippen LogP contribution in [-0.2, 0) is 22.7 Å². The summed E-state index contributed by atoms with van der Waals surface area (Å²) in [5.74, 6) is -0.575. The molecule has 0 aromatic heterocycles. The Balaban J connectivity index is 3.98. The van der Waals surface area contributed by atoms with Gasteiger partial charge in [0.1, 0.15) is 15.0 Å². The number of hydrogen-bond donors (Lipinski definition) is 3. The molecule has 0 aliphatic heterocycles. The Morgan fingerprint density at radius 1 is 1.39 bits per heavy atom. The Hall–Kier alpha value is 0.827. The second-order valence-corrected chi connectivity index (χ2v) is 11.9. The van der Waals surface area contributed by atoms with Crippen LogP contribution in [0.3, 0.4) is 0 Å². The quantitative estimate of drug-likeness (QED) is 0.0836. The average molecular weight is 423 g/mol. The van der Waals surface area contributed by atoms with E-state index in [1.165, 1.54) is 0 Å². The molecule has 136 valence electrons. The normalized spacial score (nSPS) is 17.1. The lowest BCUT2D eigenvalue weighted by Crippen LogP contribution is -2.33. The number of esters is 1. The predicted octanol–water partition coefficient (Wildman–Crippen LogP) is 2.55. The van der Waals surface area contributed by atoms with Crippen molar-refractivity contribution < 1.29 is 27.8 Å². The lowest BCUT2D eigenvalue weighted by atomic mass is 10.4. The first-order valence-corrected chi connectivity index (χ1v) is 12.9. The van der Waals surface area contributed by atoms with Gasteiger partial charge in [0, 0.05) is 41.3 Å². The van der Waals surface area contributed by atoms with Crippen molar-refractivity contribution in [2.75, 3.05) is 30.8 Å². The van der Waals surface area contributed by atoms with Crippen molar-refractivity contribution in [3.63, 3.8) is 0 Å². The van der Waals surface area contributed by atoms with Gasteiger partial charge in [-0.2, -0.15) is 25.1 Å². The molecular formula is C12H26O6P2S2Si. The fraction of sp³-hybridized carbons (Fsp3) is 0.750. The van der Waals surface area contributed by atoms with E-state index >= 15 is 0 Å². The summed E-state index contributed by atoms with van der Waals surface area (Å²) in [5, 5.41) is 9.62. The van der Waals surface area contributed by atoms with Gasteiger partial charge >= 0.3 is 14.5 Å². The third kappa shape index (κ3) is 13.8. The van der Waals surface area contributed by atoms with Gasteiger partial charge in [-0.1, -0.05) is 6.58 Å². The second kappa shape index (κ2) is 15.1. The van der Waals surface area contributed by atoms with Gasteiger partial charge in [-0.05, 0) is 19.0 Å². The van der Waals surface area contributed by atoms with E-state index in [9.17, 15) is 9.90 Å². The summed E-state index contributed by atoms with van der Waals surface area (Å²) < 4.78 is 36.1. The van der Waals surface area contributed by atoms with Gasteiger partial charge in [-0.3, -0.25) is 0 Å². The molecule has 0 saturated heterocycles. The monoisotopic (exact) mass is 422 g/mol. The van der Waals surface area contributed by atoms with Gasteiger partial charge in [0.05, 0.1) is 6.61 Å². The maximum Gasteiger partial charge on any atom is 0.341 e. The summed E-state index contributed by atoms with van der Waals surface area (Å²) in [6.07, 6.45) is 0.892. The Morgan fingerprint density at radius 3 is 2.61 bits per heavy atom. The number of carbonyl (C=O) groups excluding carboxylic acids is 1. The summed E-state index contributed by atoms with van der Waals surface area (Å²) in [4.78, 5) is 10.9. The third-order valence-corrected chi connectivity index (χ3v) is 9.32. The molecule has 0 aromatic carbocycles. The first-order valence-electron chi connectivity index (χ1n) is 7.82. The van der Waals surface area contributed by atoms with Gasteiger partial charge in [0.25, 0.3) is 0 Å². The maximum absolute atomic E-state index is 10.9. The molecule has 0 heterocycles. The van der Waals surface area contributed by atoms with Gasteiger partial charge < -0.3 is 23.0 Å². The van der Waals surface area contributed by atoms with Gasteiger partial charge in [0.15, 0.2) is 0 Å². The van der Waals surface area contributed by atoms with Crippen molar-refractivity contribution in [1.29, 1.82) is 2.25 Å². The Morgan fingerprint density at radius 2 is 2.04 bits per heavy atom. The highest BCUT2D eigenvalue weighted by Gasteiger charge is 2.31. The highest BCUT2D eigenvalue weighted by molar-refractivity contribution is 7.86. The van der Waals surface area contributed by atoms with E-state index < -0.39 is 20.6 Å². The SMILES string of the molecule is [2H]SCPO[Si](C)(CCCOCC(O)COC(=O)C=C)OPCS[2H]. The van der Waals surface area contributed by atoms with Crippen molar-refractivity contribution in [3.8, 4) is 0 Å². The zero-order valence-corrected chi connectivity index (χ0v) is 17.7. The molecule has 6 nitrogen and oxygen atoms in total. The minimum absolute atomic E-state index is 0.0822. The van der Waals surface area contributed by atoms with Crippen molar-refractivity contribution in [3.05, 3.63) is 12.7 Å². The molecule has 0 aliphatic carbocycles. The molecule has 0 aromatic rings. The van der Waals surface area contributed by atoms with E-state index in [1.54, 1.807) is 0 Å². The van der Waals surface area contributed by atoms with E-state index in [-0.39, 0.29) is 30.8 Å². The lowest BCUT2D eigenvalue weighted by Gasteiger charge is -2.26. The summed E-state index contributed by atoms with van der Waals surface area (Å²) in [7, 11) is -1.87. The van der Waals surface area contributed by atoms with Crippen LogP contribution in [0.5, 0.6) is 0 Å². The smallest absolute Gasteiger partial charge is 0.341 e. The van der Waals surface area contributed by atoms with Crippen LogP contribution in [0, 0.1) is 0 Å². The number of carbonyl (C=O) groups is 1. The second-order valence-electron chi connectivity index (χ2n) is 4.58. The molecule has 0 saturated carbocycles. The van der Waals surface area contributed by atoms with Crippen LogP contribution in [0.4, 0.5) is 0 Å². The Bertz CT molecular complexity index is 366. The van der Waals surface area contributed by atoms with E-state index in [1.807, 2.05) is 6.55 Å². The fourth-order valence-electron chi connectivity index (χ4n) is 1.49. The van der Waals surface area contributed by atoms with E-state index in [0.717, 1.165) is 43.6 Å². The van der Waals surface area contributed by atoms with Crippen LogP contribution in [-0.4, -0.2) is 58.8 Å². The van der Waals surface area contributed by atoms with Crippen molar-refractivity contribution in [1.82, 2.24) is 0 Å². The first-order chi connectivity index (χ1) is 12.0. The standard InChI is InChI=1S/C12H26O6P2S2Si/c1-3-12(14)16-8-11(13)7-15-5-4-6-23(2,17-19-9-21)18-20-10-22/h3,11,13,19-22H,1,4-10H2,2H3/i/hD2. The molecule has 1 N–H and O–H groups in total. The van der Waals surface area contributed by atoms with Crippen LogP contribution < -0.4 is 0 Å². The average Bonchev–Trinajstić information content (AvgIpc) is 2.60. The highest BCUT2D eigenvalue weighted by atomic mass is 32.1. The number of aliphatic hydroxyl groups is 1. The molecule has 3 atom stereocenters. The molecule has 0 radical (unpaired) electrons. The van der Waals surface area contributed by atoms with Crippen LogP contribution in [0.15, 0.2) is 12.7 Å². The van der Waals surface area contributed by atoms with Crippen LogP contribution in [0.25, 0.3) is 0 Å². The Kier molecular flexibility index (Phi) is 13.2.